The normalized spacial score (nSPS) is 13.1. The van der Waals surface area contributed by atoms with Gasteiger partial charge in [-0.25, -0.2) is 0 Å². The third-order valence-corrected chi connectivity index (χ3v) is 2.84. The van der Waals surface area contributed by atoms with E-state index in [1.54, 1.807) is 0 Å². The molecule has 0 aliphatic carbocycles. The van der Waals surface area contributed by atoms with E-state index in [9.17, 15) is 0 Å². The highest BCUT2D eigenvalue weighted by molar-refractivity contribution is 8.07. The molecule has 2 heteroatoms. The van der Waals surface area contributed by atoms with Gasteiger partial charge in [0.15, 0.2) is 0 Å². The Morgan fingerprint density at radius 2 is 1.58 bits per heavy atom. The lowest BCUT2D eigenvalue weighted by atomic mass is 9.75. The monoisotopic (exact) mass is 206 g/mol. The Bertz CT molecular complexity index is 100. The molecule has 0 aromatic carbocycles. The summed E-state index contributed by atoms with van der Waals surface area (Å²) in [5.41, 5.74) is 0.559. The largest absolute Gasteiger partial charge is 0.0654 e. The predicted octanol–water partition coefficient (Wildman–Crippen LogP) is 3.85. The second kappa shape index (κ2) is 8.06. The van der Waals surface area contributed by atoms with Crippen LogP contribution >= 0.6 is 0 Å². The summed E-state index contributed by atoms with van der Waals surface area (Å²) in [4.78, 5) is 0. The van der Waals surface area contributed by atoms with Gasteiger partial charge in [-0.3, -0.25) is 0 Å². The van der Waals surface area contributed by atoms with E-state index in [-0.39, 0.29) is 0 Å². The molecule has 74 valence electrons. The predicted molar refractivity (Wildman–Crippen MR) is 62.9 cm³/mol. The Kier molecular flexibility index (Phi) is 10.0. The van der Waals surface area contributed by atoms with Crippen LogP contribution in [0.4, 0.5) is 0 Å². The van der Waals surface area contributed by atoms with Crippen molar-refractivity contribution in [3.05, 3.63) is 0 Å². The maximum absolute atomic E-state index is 3.67. The van der Waals surface area contributed by atoms with Crippen molar-refractivity contribution in [2.24, 2.45) is 11.3 Å². The second-order valence-electron chi connectivity index (χ2n) is 4.05. The third-order valence-electron chi connectivity index (χ3n) is 2.84. The van der Waals surface area contributed by atoms with Crippen molar-refractivity contribution in [1.82, 2.24) is 0 Å². The molecule has 0 aromatic heterocycles. The van der Waals surface area contributed by atoms with Gasteiger partial charge in [-0.1, -0.05) is 47.5 Å². The van der Waals surface area contributed by atoms with Crippen LogP contribution in [0.25, 0.3) is 0 Å². The standard InChI is InChI=1S/C10H22.S2/c1-6-8-10(4,5)9(3)7-2;1-2/h9H,6-8H2,1-5H3;/t9-;/m1./s1. The first-order valence-electron chi connectivity index (χ1n) is 4.71. The van der Waals surface area contributed by atoms with E-state index in [1.165, 1.54) is 19.3 Å². The lowest BCUT2D eigenvalue weighted by Gasteiger charge is -2.30. The zero-order chi connectivity index (χ0) is 10.2. The first kappa shape index (κ1) is 14.9. The van der Waals surface area contributed by atoms with E-state index in [1.807, 2.05) is 0 Å². The van der Waals surface area contributed by atoms with Gasteiger partial charge in [0, 0.05) is 22.4 Å². The van der Waals surface area contributed by atoms with Gasteiger partial charge in [-0.15, -0.1) is 0 Å². The highest BCUT2D eigenvalue weighted by atomic mass is 32.8. The quantitative estimate of drug-likeness (QED) is 0.685. The van der Waals surface area contributed by atoms with Crippen molar-refractivity contribution >= 4 is 22.4 Å². The summed E-state index contributed by atoms with van der Waals surface area (Å²) in [5.74, 6) is 0.868. The number of hydrogen-bond donors (Lipinski definition) is 0. The van der Waals surface area contributed by atoms with Crippen LogP contribution in [-0.2, 0) is 22.4 Å². The van der Waals surface area contributed by atoms with E-state index >= 15 is 0 Å². The summed E-state index contributed by atoms with van der Waals surface area (Å²) in [5, 5.41) is 0. The van der Waals surface area contributed by atoms with E-state index in [2.05, 4.69) is 57.0 Å². The van der Waals surface area contributed by atoms with Crippen LogP contribution in [0.5, 0.6) is 0 Å². The minimum atomic E-state index is 0.559. The van der Waals surface area contributed by atoms with Crippen molar-refractivity contribution in [3.8, 4) is 0 Å². The van der Waals surface area contributed by atoms with Gasteiger partial charge in [0.25, 0.3) is 0 Å². The maximum Gasteiger partial charge on any atom is 0 e. The molecule has 0 aliphatic rings. The fraction of sp³-hybridized carbons (Fsp3) is 1.00. The summed E-state index contributed by atoms with van der Waals surface area (Å²) in [6, 6.07) is 0. The zero-order valence-corrected chi connectivity index (χ0v) is 10.6. The summed E-state index contributed by atoms with van der Waals surface area (Å²) < 4.78 is 0. The van der Waals surface area contributed by atoms with E-state index in [4.69, 9.17) is 0 Å². The molecule has 0 nitrogen and oxygen atoms in total. The summed E-state index contributed by atoms with van der Waals surface area (Å²) >= 11 is 7.33. The lowest BCUT2D eigenvalue weighted by molar-refractivity contribution is 0.204. The van der Waals surface area contributed by atoms with Crippen LogP contribution in [0.15, 0.2) is 0 Å². The van der Waals surface area contributed by atoms with Gasteiger partial charge in [0.2, 0.25) is 0 Å². The van der Waals surface area contributed by atoms with E-state index < -0.39 is 0 Å². The van der Waals surface area contributed by atoms with Crippen LogP contribution in [0.1, 0.15) is 53.9 Å². The molecule has 0 heterocycles. The molecule has 0 saturated carbocycles. The average Bonchev–Trinajstić information content (AvgIpc) is 2.06. The molecule has 0 fully saturated rings. The maximum atomic E-state index is 3.67. The molecular formula is C10H22S2. The van der Waals surface area contributed by atoms with Gasteiger partial charge in [0.05, 0.1) is 0 Å². The van der Waals surface area contributed by atoms with Gasteiger partial charge < -0.3 is 0 Å². The molecular weight excluding hydrogens is 184 g/mol. The Morgan fingerprint density at radius 1 is 1.17 bits per heavy atom. The Morgan fingerprint density at radius 3 is 1.83 bits per heavy atom. The smallest absolute Gasteiger partial charge is 0 e. The van der Waals surface area contributed by atoms with Crippen LogP contribution in [0.2, 0.25) is 0 Å². The summed E-state index contributed by atoms with van der Waals surface area (Å²) in [7, 11) is 0. The summed E-state index contributed by atoms with van der Waals surface area (Å²) in [6.45, 7) is 11.7. The lowest BCUT2D eigenvalue weighted by Crippen LogP contribution is -2.20. The molecule has 0 unspecified atom stereocenters. The molecule has 0 radical (unpaired) electrons. The molecule has 0 N–H and O–H groups in total. The first-order chi connectivity index (χ1) is 5.54. The third kappa shape index (κ3) is 6.01. The number of rotatable bonds is 4. The van der Waals surface area contributed by atoms with Crippen LogP contribution in [0.3, 0.4) is 0 Å². The van der Waals surface area contributed by atoms with E-state index in [0.717, 1.165) is 5.92 Å². The molecule has 0 saturated heterocycles. The van der Waals surface area contributed by atoms with Gasteiger partial charge in [-0.05, 0) is 17.8 Å². The van der Waals surface area contributed by atoms with Gasteiger partial charge in [0.1, 0.15) is 0 Å². The fourth-order valence-electron chi connectivity index (χ4n) is 1.44. The Hall–Kier alpha value is 0.440. The van der Waals surface area contributed by atoms with Crippen LogP contribution in [0, 0.1) is 11.3 Å². The Balaban J connectivity index is 0. The van der Waals surface area contributed by atoms with Crippen LogP contribution < -0.4 is 0 Å². The van der Waals surface area contributed by atoms with Gasteiger partial charge >= 0.3 is 0 Å². The molecule has 0 rings (SSSR count). The van der Waals surface area contributed by atoms with Crippen molar-refractivity contribution in [1.29, 1.82) is 0 Å². The zero-order valence-electron chi connectivity index (χ0n) is 9.02. The first-order valence-corrected chi connectivity index (χ1v) is 6.04. The van der Waals surface area contributed by atoms with Crippen LogP contribution in [-0.4, -0.2) is 0 Å². The molecule has 0 aliphatic heterocycles. The van der Waals surface area contributed by atoms with Crippen molar-refractivity contribution in [3.63, 3.8) is 0 Å². The Labute approximate surface area is 87.8 Å². The molecule has 0 aromatic rings. The number of hydrogen-bond acceptors (Lipinski definition) is 2. The molecule has 0 amide bonds. The highest BCUT2D eigenvalue weighted by Gasteiger charge is 2.22. The van der Waals surface area contributed by atoms with E-state index in [0.29, 0.717) is 5.41 Å². The van der Waals surface area contributed by atoms with Crippen molar-refractivity contribution in [2.75, 3.05) is 0 Å². The van der Waals surface area contributed by atoms with Gasteiger partial charge in [-0.2, -0.15) is 0 Å². The average molecular weight is 206 g/mol. The highest BCUT2D eigenvalue weighted by Crippen LogP contribution is 2.33. The topological polar surface area (TPSA) is 0 Å². The van der Waals surface area contributed by atoms with Crippen molar-refractivity contribution < 1.29 is 0 Å². The minimum Gasteiger partial charge on any atom is -0.0654 e. The molecule has 1 atom stereocenters. The summed E-state index contributed by atoms with van der Waals surface area (Å²) in [6.07, 6.45) is 3.99. The molecule has 0 spiro atoms. The fourth-order valence-corrected chi connectivity index (χ4v) is 1.44. The van der Waals surface area contributed by atoms with Crippen molar-refractivity contribution in [2.45, 2.75) is 53.9 Å². The molecule has 0 bridgehead atoms. The minimum absolute atomic E-state index is 0.559. The SMILES string of the molecule is CCCC(C)(C)[C@H](C)CC.S=S. The second-order valence-corrected chi connectivity index (χ2v) is 4.05. The molecule has 12 heavy (non-hydrogen) atoms.